The number of H-pyrrole nitrogens is 1. The first-order valence-electron chi connectivity index (χ1n) is 5.98. The maximum Gasteiger partial charge on any atom is 0.251 e. The maximum atomic E-state index is 12.0. The second-order valence-electron chi connectivity index (χ2n) is 4.77. The Kier molecular flexibility index (Phi) is 2.35. The largest absolute Gasteiger partial charge is 0.349 e. The van der Waals surface area contributed by atoms with E-state index in [1.807, 2.05) is 18.2 Å². The lowest BCUT2D eigenvalue weighted by Crippen LogP contribution is -2.33. The van der Waals surface area contributed by atoms with Crippen LogP contribution in [0.1, 0.15) is 30.1 Å². The Hall–Kier alpha value is -1.84. The summed E-state index contributed by atoms with van der Waals surface area (Å²) in [6.07, 6.45) is 4.23. The molecule has 17 heavy (non-hydrogen) atoms. The maximum absolute atomic E-state index is 12.0. The van der Waals surface area contributed by atoms with Gasteiger partial charge in [0.1, 0.15) is 0 Å². The average Bonchev–Trinajstić information content (AvgIpc) is 3.07. The summed E-state index contributed by atoms with van der Waals surface area (Å²) in [6, 6.07) is 5.87. The van der Waals surface area contributed by atoms with E-state index in [0.29, 0.717) is 11.5 Å². The number of aromatic nitrogens is 2. The molecule has 0 bridgehead atoms. The fraction of sp³-hybridized carbons (Fsp3) is 0.385. The number of hydrogen-bond acceptors (Lipinski definition) is 2. The summed E-state index contributed by atoms with van der Waals surface area (Å²) >= 11 is 0. The Morgan fingerprint density at radius 3 is 3.12 bits per heavy atom. The normalized spacial score (nSPS) is 17.0. The number of carbonyl (C=O) groups excluding carboxylic acids is 1. The van der Waals surface area contributed by atoms with Crippen molar-refractivity contribution in [2.24, 2.45) is 5.92 Å². The van der Waals surface area contributed by atoms with Crippen LogP contribution in [0.3, 0.4) is 0 Å². The van der Waals surface area contributed by atoms with Crippen molar-refractivity contribution in [3.63, 3.8) is 0 Å². The summed E-state index contributed by atoms with van der Waals surface area (Å²) in [5, 5.41) is 10.9. The van der Waals surface area contributed by atoms with E-state index in [9.17, 15) is 4.79 Å². The zero-order valence-corrected chi connectivity index (χ0v) is 9.73. The Balaban J connectivity index is 1.79. The number of aromatic amines is 1. The quantitative estimate of drug-likeness (QED) is 0.846. The number of hydrogen-bond donors (Lipinski definition) is 2. The van der Waals surface area contributed by atoms with E-state index in [1.165, 1.54) is 12.8 Å². The first kappa shape index (κ1) is 10.3. The van der Waals surface area contributed by atoms with Crippen LogP contribution < -0.4 is 5.32 Å². The SMILES string of the molecule is CC(NC(=O)c1ccc2cn[nH]c2c1)C1CC1. The molecular formula is C13H15N3O. The van der Waals surface area contributed by atoms with Crippen molar-refractivity contribution in [3.05, 3.63) is 30.0 Å². The lowest BCUT2D eigenvalue weighted by Gasteiger charge is -2.12. The van der Waals surface area contributed by atoms with Crippen LogP contribution in [0.25, 0.3) is 10.9 Å². The highest BCUT2D eigenvalue weighted by Crippen LogP contribution is 2.32. The third-order valence-corrected chi connectivity index (χ3v) is 3.39. The molecule has 1 atom stereocenters. The molecule has 1 heterocycles. The molecule has 1 fully saturated rings. The molecule has 0 radical (unpaired) electrons. The third-order valence-electron chi connectivity index (χ3n) is 3.39. The van der Waals surface area contributed by atoms with E-state index in [4.69, 9.17) is 0 Å². The van der Waals surface area contributed by atoms with Gasteiger partial charge >= 0.3 is 0 Å². The van der Waals surface area contributed by atoms with Crippen molar-refractivity contribution in [1.82, 2.24) is 15.5 Å². The molecule has 1 amide bonds. The van der Waals surface area contributed by atoms with Crippen LogP contribution in [0.4, 0.5) is 0 Å². The van der Waals surface area contributed by atoms with Crippen molar-refractivity contribution in [2.75, 3.05) is 0 Å². The summed E-state index contributed by atoms with van der Waals surface area (Å²) < 4.78 is 0. The fourth-order valence-electron chi connectivity index (χ4n) is 2.08. The first-order chi connectivity index (χ1) is 8.24. The summed E-state index contributed by atoms with van der Waals surface area (Å²) in [5.41, 5.74) is 1.59. The highest BCUT2D eigenvalue weighted by molar-refractivity contribution is 5.97. The number of carbonyl (C=O) groups is 1. The smallest absolute Gasteiger partial charge is 0.251 e. The zero-order chi connectivity index (χ0) is 11.8. The summed E-state index contributed by atoms with van der Waals surface area (Å²) in [6.45, 7) is 2.07. The summed E-state index contributed by atoms with van der Waals surface area (Å²) in [4.78, 5) is 12.0. The number of nitrogens with one attached hydrogen (secondary N) is 2. The molecule has 4 heteroatoms. The monoisotopic (exact) mass is 229 g/mol. The molecule has 2 N–H and O–H groups in total. The molecule has 1 unspecified atom stereocenters. The number of rotatable bonds is 3. The first-order valence-corrected chi connectivity index (χ1v) is 5.98. The lowest BCUT2D eigenvalue weighted by atomic mass is 10.1. The molecule has 3 rings (SSSR count). The fourth-order valence-corrected chi connectivity index (χ4v) is 2.08. The molecule has 4 nitrogen and oxygen atoms in total. The average molecular weight is 229 g/mol. The standard InChI is InChI=1S/C13H15N3O/c1-8(9-2-3-9)15-13(17)10-4-5-11-7-14-16-12(11)6-10/h4-9H,2-3H2,1H3,(H,14,16)(H,15,17). The van der Waals surface area contributed by atoms with Crippen LogP contribution in [0.15, 0.2) is 24.4 Å². The molecule has 1 aromatic heterocycles. The van der Waals surface area contributed by atoms with Crippen LogP contribution in [0, 0.1) is 5.92 Å². The van der Waals surface area contributed by atoms with Crippen LogP contribution >= 0.6 is 0 Å². The van der Waals surface area contributed by atoms with Gasteiger partial charge in [0.25, 0.3) is 5.91 Å². The van der Waals surface area contributed by atoms with Gasteiger partial charge in [-0.3, -0.25) is 9.89 Å². The van der Waals surface area contributed by atoms with Crippen LogP contribution in [0.5, 0.6) is 0 Å². The van der Waals surface area contributed by atoms with Gasteiger partial charge < -0.3 is 5.32 Å². The van der Waals surface area contributed by atoms with Gasteiger partial charge in [-0.2, -0.15) is 5.10 Å². The predicted octanol–water partition coefficient (Wildman–Crippen LogP) is 2.09. The van der Waals surface area contributed by atoms with Crippen LogP contribution in [-0.4, -0.2) is 22.1 Å². The van der Waals surface area contributed by atoms with E-state index in [-0.39, 0.29) is 11.9 Å². The highest BCUT2D eigenvalue weighted by atomic mass is 16.1. The Labute approximate surface area is 99.4 Å². The van der Waals surface area contributed by atoms with Crippen LogP contribution in [-0.2, 0) is 0 Å². The molecule has 1 aliphatic rings. The van der Waals surface area contributed by atoms with E-state index in [2.05, 4.69) is 22.4 Å². The molecule has 1 aromatic carbocycles. The van der Waals surface area contributed by atoms with Gasteiger partial charge in [0.05, 0.1) is 11.7 Å². The highest BCUT2D eigenvalue weighted by Gasteiger charge is 2.29. The van der Waals surface area contributed by atoms with Crippen LogP contribution in [0.2, 0.25) is 0 Å². The second-order valence-corrected chi connectivity index (χ2v) is 4.77. The van der Waals surface area contributed by atoms with Gasteiger partial charge in [0, 0.05) is 17.0 Å². The van der Waals surface area contributed by atoms with E-state index in [1.54, 1.807) is 6.20 Å². The minimum absolute atomic E-state index is 0.000833. The van der Waals surface area contributed by atoms with E-state index in [0.717, 1.165) is 10.9 Å². The second kappa shape index (κ2) is 3.87. The molecule has 88 valence electrons. The molecule has 0 aliphatic heterocycles. The van der Waals surface area contributed by atoms with Gasteiger partial charge in [0.15, 0.2) is 0 Å². The summed E-state index contributed by atoms with van der Waals surface area (Å²) in [5.74, 6) is 0.677. The van der Waals surface area contributed by atoms with Crippen molar-refractivity contribution >= 4 is 16.8 Å². The number of fused-ring (bicyclic) bond motifs is 1. The van der Waals surface area contributed by atoms with Crippen molar-refractivity contribution < 1.29 is 4.79 Å². The molecule has 0 saturated heterocycles. The predicted molar refractivity (Wildman–Crippen MR) is 65.7 cm³/mol. The Bertz CT molecular complexity index is 557. The lowest BCUT2D eigenvalue weighted by molar-refractivity contribution is 0.0936. The molecule has 0 spiro atoms. The minimum atomic E-state index is 0.000833. The van der Waals surface area contributed by atoms with Gasteiger partial charge in [-0.25, -0.2) is 0 Å². The topological polar surface area (TPSA) is 57.8 Å². The minimum Gasteiger partial charge on any atom is -0.349 e. The van der Waals surface area contributed by atoms with Gasteiger partial charge in [-0.05, 0) is 37.8 Å². The molecule has 2 aromatic rings. The van der Waals surface area contributed by atoms with Gasteiger partial charge in [-0.15, -0.1) is 0 Å². The van der Waals surface area contributed by atoms with E-state index >= 15 is 0 Å². The Morgan fingerprint density at radius 1 is 1.53 bits per heavy atom. The third kappa shape index (κ3) is 2.02. The van der Waals surface area contributed by atoms with Crippen molar-refractivity contribution in [3.8, 4) is 0 Å². The molecular weight excluding hydrogens is 214 g/mol. The zero-order valence-electron chi connectivity index (χ0n) is 9.73. The van der Waals surface area contributed by atoms with Crippen molar-refractivity contribution in [2.45, 2.75) is 25.8 Å². The number of nitrogens with zero attached hydrogens (tertiary/aromatic N) is 1. The number of amides is 1. The van der Waals surface area contributed by atoms with Crippen molar-refractivity contribution in [1.29, 1.82) is 0 Å². The Morgan fingerprint density at radius 2 is 2.35 bits per heavy atom. The van der Waals surface area contributed by atoms with Gasteiger partial charge in [0.2, 0.25) is 0 Å². The summed E-state index contributed by atoms with van der Waals surface area (Å²) in [7, 11) is 0. The van der Waals surface area contributed by atoms with E-state index < -0.39 is 0 Å². The van der Waals surface area contributed by atoms with Gasteiger partial charge in [-0.1, -0.05) is 6.07 Å². The number of benzene rings is 1. The molecule has 1 aliphatic carbocycles. The molecule has 1 saturated carbocycles.